The van der Waals surface area contributed by atoms with Crippen molar-refractivity contribution in [3.05, 3.63) is 28.2 Å². The fourth-order valence-electron chi connectivity index (χ4n) is 2.59. The van der Waals surface area contributed by atoms with Crippen LogP contribution >= 0.6 is 26.6 Å². The Kier molecular flexibility index (Phi) is 5.74. The number of benzene rings is 1. The maximum atomic E-state index is 11.9. The molecule has 0 saturated carbocycles. The summed E-state index contributed by atoms with van der Waals surface area (Å²) in [5.74, 6) is 0.383. The Hall–Kier alpha value is -0.790. The summed E-state index contributed by atoms with van der Waals surface area (Å²) < 4.78 is 28.2. The van der Waals surface area contributed by atoms with Crippen molar-refractivity contribution in [1.82, 2.24) is 4.90 Å². The number of rotatable bonds is 6. The number of halogens is 2. The molecule has 1 fully saturated rings. The van der Waals surface area contributed by atoms with Gasteiger partial charge in [-0.15, -0.1) is 0 Å². The lowest BCUT2D eigenvalue weighted by Crippen LogP contribution is -2.28. The Morgan fingerprint density at radius 3 is 2.77 bits per heavy atom. The molecule has 1 aliphatic heterocycles. The number of ether oxygens (including phenoxy) is 1. The highest BCUT2D eigenvalue weighted by molar-refractivity contribution is 9.10. The van der Waals surface area contributed by atoms with Gasteiger partial charge < -0.3 is 9.64 Å². The quantitative estimate of drug-likeness (QED) is 0.676. The van der Waals surface area contributed by atoms with Gasteiger partial charge in [-0.1, -0.05) is 6.07 Å². The molecule has 22 heavy (non-hydrogen) atoms. The van der Waals surface area contributed by atoms with Gasteiger partial charge in [0.2, 0.25) is 15.0 Å². The minimum atomic E-state index is -3.56. The number of carbonyl (C=O) groups excluding carboxylic acids is 1. The van der Waals surface area contributed by atoms with Gasteiger partial charge in [-0.25, -0.2) is 8.42 Å². The van der Waals surface area contributed by atoms with Gasteiger partial charge in [0.1, 0.15) is 5.75 Å². The molecule has 1 unspecified atom stereocenters. The van der Waals surface area contributed by atoms with Crippen molar-refractivity contribution < 1.29 is 17.9 Å². The van der Waals surface area contributed by atoms with E-state index in [9.17, 15) is 13.2 Å². The van der Waals surface area contributed by atoms with E-state index in [1.54, 1.807) is 12.0 Å². The van der Waals surface area contributed by atoms with Gasteiger partial charge in [0.05, 0.1) is 17.3 Å². The van der Waals surface area contributed by atoms with Crippen molar-refractivity contribution in [2.24, 2.45) is 5.92 Å². The second-order valence-corrected chi connectivity index (χ2v) is 9.01. The number of nitrogens with zero attached hydrogens (tertiary/aromatic N) is 1. The molecule has 0 aromatic heterocycles. The van der Waals surface area contributed by atoms with Gasteiger partial charge in [-0.3, -0.25) is 4.79 Å². The van der Waals surface area contributed by atoms with E-state index in [1.807, 2.05) is 18.2 Å². The number of methoxy groups -OCH3 is 1. The van der Waals surface area contributed by atoms with Crippen molar-refractivity contribution in [3.63, 3.8) is 0 Å². The lowest BCUT2D eigenvalue weighted by molar-refractivity contribution is -0.127. The van der Waals surface area contributed by atoms with Crippen LogP contribution < -0.4 is 4.74 Å². The van der Waals surface area contributed by atoms with E-state index in [2.05, 4.69) is 15.9 Å². The Bertz CT molecular complexity index is 665. The van der Waals surface area contributed by atoms with Crippen LogP contribution in [0, 0.1) is 5.92 Å². The normalized spacial score (nSPS) is 18.8. The van der Waals surface area contributed by atoms with Crippen LogP contribution in [0.2, 0.25) is 0 Å². The largest absolute Gasteiger partial charge is 0.496 e. The number of likely N-dealkylation sites (tertiary alicyclic amines) is 1. The smallest absolute Gasteiger partial charge is 0.232 e. The summed E-state index contributed by atoms with van der Waals surface area (Å²) in [6.45, 7) is 1.01. The van der Waals surface area contributed by atoms with Crippen LogP contribution in [0.3, 0.4) is 0 Å². The second kappa shape index (κ2) is 7.19. The van der Waals surface area contributed by atoms with Gasteiger partial charge >= 0.3 is 0 Å². The third kappa shape index (κ3) is 4.86. The van der Waals surface area contributed by atoms with Crippen LogP contribution in [0.5, 0.6) is 5.75 Å². The molecule has 1 atom stereocenters. The molecule has 2 rings (SSSR count). The summed E-state index contributed by atoms with van der Waals surface area (Å²) in [6, 6.07) is 5.78. The molecule has 5 nitrogen and oxygen atoms in total. The molecule has 1 saturated heterocycles. The summed E-state index contributed by atoms with van der Waals surface area (Å²) in [5.41, 5.74) is 1.08. The predicted octanol–water partition coefficient (Wildman–Crippen LogP) is 2.42. The van der Waals surface area contributed by atoms with Crippen LogP contribution in [-0.4, -0.2) is 45.2 Å². The topological polar surface area (TPSA) is 63.7 Å². The second-order valence-electron chi connectivity index (χ2n) is 5.33. The van der Waals surface area contributed by atoms with Crippen LogP contribution in [0.15, 0.2) is 22.7 Å². The summed E-state index contributed by atoms with van der Waals surface area (Å²) in [5, 5.41) is 0. The van der Waals surface area contributed by atoms with Gasteiger partial charge in [0.15, 0.2) is 0 Å². The average Bonchev–Trinajstić information content (AvgIpc) is 2.74. The van der Waals surface area contributed by atoms with E-state index < -0.39 is 9.05 Å². The number of hydrogen-bond acceptors (Lipinski definition) is 4. The first-order chi connectivity index (χ1) is 10.3. The molecule has 8 heteroatoms. The molecule has 0 N–H and O–H groups in total. The maximum Gasteiger partial charge on any atom is 0.232 e. The van der Waals surface area contributed by atoms with Crippen LogP contribution in [0.25, 0.3) is 0 Å². The molecule has 0 bridgehead atoms. The standard InChI is InChI=1S/C14H17BrClNO4S/c1-21-13-3-2-10(6-12(13)15)4-5-17-8-11(7-14(17)18)9-22(16,19)20/h2-3,6,11H,4-5,7-9H2,1H3. The van der Waals surface area contributed by atoms with Crippen molar-refractivity contribution >= 4 is 41.6 Å². The maximum absolute atomic E-state index is 11.9. The molecule has 1 heterocycles. The summed E-state index contributed by atoms with van der Waals surface area (Å²) in [7, 11) is 3.30. The van der Waals surface area contributed by atoms with Gasteiger partial charge in [-0.2, -0.15) is 0 Å². The van der Waals surface area contributed by atoms with E-state index in [4.69, 9.17) is 15.4 Å². The van der Waals surface area contributed by atoms with Crippen LogP contribution in [-0.2, 0) is 20.3 Å². The third-order valence-electron chi connectivity index (χ3n) is 3.62. The molecule has 1 amide bonds. The van der Waals surface area contributed by atoms with Crippen molar-refractivity contribution in [2.75, 3.05) is 26.0 Å². The average molecular weight is 411 g/mol. The van der Waals surface area contributed by atoms with Crippen molar-refractivity contribution in [1.29, 1.82) is 0 Å². The fraction of sp³-hybridized carbons (Fsp3) is 0.500. The Labute approximate surface area is 143 Å². The van der Waals surface area contributed by atoms with E-state index in [0.717, 1.165) is 15.8 Å². The minimum Gasteiger partial charge on any atom is -0.496 e. The highest BCUT2D eigenvalue weighted by Crippen LogP contribution is 2.26. The fourth-order valence-corrected chi connectivity index (χ4v) is 4.50. The van der Waals surface area contributed by atoms with E-state index >= 15 is 0 Å². The molecule has 0 spiro atoms. The minimum absolute atomic E-state index is 0.0158. The van der Waals surface area contributed by atoms with E-state index in [0.29, 0.717) is 19.5 Å². The first-order valence-corrected chi connectivity index (χ1v) is 10.1. The molecule has 1 aromatic carbocycles. The number of amides is 1. The van der Waals surface area contributed by atoms with Crippen LogP contribution in [0.4, 0.5) is 0 Å². The highest BCUT2D eigenvalue weighted by atomic mass is 79.9. The van der Waals surface area contributed by atoms with Gasteiger partial charge in [-0.05, 0) is 40.0 Å². The monoisotopic (exact) mass is 409 g/mol. The first-order valence-electron chi connectivity index (χ1n) is 6.81. The molecule has 1 aliphatic rings. The van der Waals surface area contributed by atoms with Crippen molar-refractivity contribution in [3.8, 4) is 5.75 Å². The highest BCUT2D eigenvalue weighted by Gasteiger charge is 2.31. The first kappa shape index (κ1) is 17.6. The van der Waals surface area contributed by atoms with Gasteiger partial charge in [0.25, 0.3) is 0 Å². The molecule has 0 aliphatic carbocycles. The molecule has 0 radical (unpaired) electrons. The molecule has 1 aromatic rings. The zero-order chi connectivity index (χ0) is 16.3. The van der Waals surface area contributed by atoms with Crippen LogP contribution in [0.1, 0.15) is 12.0 Å². The number of hydrogen-bond donors (Lipinski definition) is 0. The molecular weight excluding hydrogens is 394 g/mol. The lowest BCUT2D eigenvalue weighted by Gasteiger charge is -2.16. The summed E-state index contributed by atoms with van der Waals surface area (Å²) >= 11 is 3.43. The summed E-state index contributed by atoms with van der Waals surface area (Å²) in [6.07, 6.45) is 0.951. The SMILES string of the molecule is COc1ccc(CCN2CC(CS(=O)(=O)Cl)CC2=O)cc1Br. The summed E-state index contributed by atoms with van der Waals surface area (Å²) in [4.78, 5) is 13.6. The van der Waals surface area contributed by atoms with Crippen molar-refractivity contribution in [2.45, 2.75) is 12.8 Å². The zero-order valence-corrected chi connectivity index (χ0v) is 15.2. The Balaban J connectivity index is 1.92. The zero-order valence-electron chi connectivity index (χ0n) is 12.1. The molecular formula is C14H17BrClNO4S. The van der Waals surface area contributed by atoms with Gasteiger partial charge in [0, 0.05) is 36.1 Å². The third-order valence-corrected chi connectivity index (χ3v) is 5.48. The molecule has 122 valence electrons. The van der Waals surface area contributed by atoms with E-state index in [1.165, 1.54) is 0 Å². The lowest BCUT2D eigenvalue weighted by atomic mass is 10.1. The predicted molar refractivity (Wildman–Crippen MR) is 88.7 cm³/mol. The van der Waals surface area contributed by atoms with E-state index in [-0.39, 0.29) is 24.0 Å². The number of carbonyl (C=O) groups is 1. The Morgan fingerprint density at radius 1 is 1.45 bits per heavy atom. The Morgan fingerprint density at radius 2 is 2.18 bits per heavy atom.